The van der Waals surface area contributed by atoms with E-state index in [9.17, 15) is 14.4 Å². The summed E-state index contributed by atoms with van der Waals surface area (Å²) < 4.78 is 0. The van der Waals surface area contributed by atoms with Crippen molar-refractivity contribution in [3.8, 4) is 0 Å². The average Bonchev–Trinajstić information content (AvgIpc) is 3.06. The molecule has 134 valence electrons. The molecule has 2 N–H and O–H groups in total. The van der Waals surface area contributed by atoms with Crippen LogP contribution < -0.4 is 15.5 Å². The second kappa shape index (κ2) is 7.77. The number of rotatable bonds is 4. The lowest BCUT2D eigenvalue weighted by Gasteiger charge is -2.19. The number of anilines is 2. The summed E-state index contributed by atoms with van der Waals surface area (Å²) in [5.74, 6) is -1.33. The maximum absolute atomic E-state index is 12.0. The van der Waals surface area contributed by atoms with Crippen LogP contribution >= 0.6 is 0 Å². The van der Waals surface area contributed by atoms with E-state index in [0.717, 1.165) is 23.2 Å². The van der Waals surface area contributed by atoms with Crippen molar-refractivity contribution in [1.82, 2.24) is 10.3 Å². The van der Waals surface area contributed by atoms with Crippen molar-refractivity contribution in [2.24, 2.45) is 0 Å². The van der Waals surface area contributed by atoms with Gasteiger partial charge in [-0.15, -0.1) is 0 Å². The van der Waals surface area contributed by atoms with Crippen LogP contribution in [0.15, 0.2) is 42.7 Å². The molecule has 0 aliphatic carbocycles. The monoisotopic (exact) mass is 352 g/mol. The molecular weight excluding hydrogens is 332 g/mol. The predicted octanol–water partition coefficient (Wildman–Crippen LogP) is 1.77. The Kier molecular flexibility index (Phi) is 5.26. The minimum Gasteiger partial charge on any atom is -0.344 e. The van der Waals surface area contributed by atoms with Crippen LogP contribution in [-0.4, -0.2) is 29.3 Å². The van der Waals surface area contributed by atoms with Gasteiger partial charge >= 0.3 is 11.8 Å². The fraction of sp³-hybridized carbons (Fsp3) is 0.263. The van der Waals surface area contributed by atoms with Gasteiger partial charge in [0, 0.05) is 43.3 Å². The summed E-state index contributed by atoms with van der Waals surface area (Å²) in [6.45, 7) is 2.84. The molecule has 2 aromatic rings. The standard InChI is InChI=1S/C19H20N4O3/c1-13-11-15(4-5-16(13)23-10-2-3-17(23)24)22-19(26)18(25)21-12-14-6-8-20-9-7-14/h4-9,11H,2-3,10,12H2,1H3,(H,21,25)(H,22,26). The van der Waals surface area contributed by atoms with Gasteiger partial charge in [0.15, 0.2) is 0 Å². The highest BCUT2D eigenvalue weighted by atomic mass is 16.2. The van der Waals surface area contributed by atoms with Crippen molar-refractivity contribution < 1.29 is 14.4 Å². The topological polar surface area (TPSA) is 91.4 Å². The van der Waals surface area contributed by atoms with Gasteiger partial charge in [-0.3, -0.25) is 19.4 Å². The summed E-state index contributed by atoms with van der Waals surface area (Å²) in [4.78, 5) is 41.5. The summed E-state index contributed by atoms with van der Waals surface area (Å²) in [5, 5.41) is 5.14. The quantitative estimate of drug-likeness (QED) is 0.821. The molecule has 1 aliphatic rings. The zero-order valence-electron chi connectivity index (χ0n) is 14.5. The molecule has 3 rings (SSSR count). The van der Waals surface area contributed by atoms with Gasteiger partial charge in [0.05, 0.1) is 0 Å². The van der Waals surface area contributed by atoms with Crippen LogP contribution in [0.2, 0.25) is 0 Å². The number of pyridine rings is 1. The van der Waals surface area contributed by atoms with Gasteiger partial charge in [0.25, 0.3) is 0 Å². The minimum atomic E-state index is -0.733. The summed E-state index contributed by atoms with van der Waals surface area (Å²) in [6.07, 6.45) is 4.66. The molecule has 0 saturated carbocycles. The van der Waals surface area contributed by atoms with E-state index < -0.39 is 11.8 Å². The Hall–Kier alpha value is -3.22. The largest absolute Gasteiger partial charge is 0.344 e. The third-order valence-electron chi connectivity index (χ3n) is 4.23. The molecule has 1 fully saturated rings. The summed E-state index contributed by atoms with van der Waals surface area (Å²) in [7, 11) is 0. The van der Waals surface area contributed by atoms with Gasteiger partial charge in [-0.2, -0.15) is 0 Å². The highest BCUT2D eigenvalue weighted by Crippen LogP contribution is 2.27. The Morgan fingerprint density at radius 1 is 1.15 bits per heavy atom. The van der Waals surface area contributed by atoms with E-state index in [0.29, 0.717) is 18.7 Å². The maximum atomic E-state index is 12.0. The SMILES string of the molecule is Cc1cc(NC(=O)C(=O)NCc2ccncc2)ccc1N1CCCC1=O. The first-order chi connectivity index (χ1) is 12.5. The first-order valence-electron chi connectivity index (χ1n) is 8.43. The number of amides is 3. The number of benzene rings is 1. The lowest BCUT2D eigenvalue weighted by Crippen LogP contribution is -2.35. The second-order valence-corrected chi connectivity index (χ2v) is 6.14. The van der Waals surface area contributed by atoms with Gasteiger partial charge in [0.2, 0.25) is 5.91 Å². The van der Waals surface area contributed by atoms with Crippen LogP contribution in [0, 0.1) is 6.92 Å². The Bertz CT molecular complexity index is 836. The van der Waals surface area contributed by atoms with E-state index in [1.165, 1.54) is 0 Å². The Labute approximate surface area is 151 Å². The molecule has 0 radical (unpaired) electrons. The molecule has 2 heterocycles. The summed E-state index contributed by atoms with van der Waals surface area (Å²) in [5.41, 5.74) is 3.08. The van der Waals surface area contributed by atoms with Crippen LogP contribution in [0.25, 0.3) is 0 Å². The first kappa shape index (κ1) is 17.6. The lowest BCUT2D eigenvalue weighted by molar-refractivity contribution is -0.136. The molecule has 0 bridgehead atoms. The molecule has 0 atom stereocenters. The van der Waals surface area contributed by atoms with Gasteiger partial charge in [-0.05, 0) is 54.8 Å². The molecule has 1 aromatic heterocycles. The maximum Gasteiger partial charge on any atom is 0.313 e. The molecule has 1 saturated heterocycles. The van der Waals surface area contributed by atoms with E-state index in [1.54, 1.807) is 47.6 Å². The number of aryl methyl sites for hydroxylation is 1. The summed E-state index contributed by atoms with van der Waals surface area (Å²) in [6, 6.07) is 8.78. The highest BCUT2D eigenvalue weighted by Gasteiger charge is 2.23. The number of carbonyl (C=O) groups is 3. The predicted molar refractivity (Wildman–Crippen MR) is 97.5 cm³/mol. The van der Waals surface area contributed by atoms with E-state index in [-0.39, 0.29) is 12.5 Å². The van der Waals surface area contributed by atoms with Crippen molar-refractivity contribution in [2.45, 2.75) is 26.3 Å². The Morgan fingerprint density at radius 3 is 2.58 bits per heavy atom. The molecule has 3 amide bonds. The van der Waals surface area contributed by atoms with Crippen molar-refractivity contribution in [1.29, 1.82) is 0 Å². The number of hydrogen-bond acceptors (Lipinski definition) is 4. The fourth-order valence-corrected chi connectivity index (χ4v) is 2.89. The highest BCUT2D eigenvalue weighted by molar-refractivity contribution is 6.39. The zero-order valence-corrected chi connectivity index (χ0v) is 14.5. The summed E-state index contributed by atoms with van der Waals surface area (Å²) >= 11 is 0. The third kappa shape index (κ3) is 4.05. The number of carbonyl (C=O) groups excluding carboxylic acids is 3. The molecule has 26 heavy (non-hydrogen) atoms. The van der Waals surface area contributed by atoms with Crippen molar-refractivity contribution in [3.05, 3.63) is 53.9 Å². The Balaban J connectivity index is 1.59. The molecule has 0 unspecified atom stereocenters. The fourth-order valence-electron chi connectivity index (χ4n) is 2.89. The van der Waals surface area contributed by atoms with Crippen LogP contribution in [0.1, 0.15) is 24.0 Å². The number of nitrogens with one attached hydrogen (secondary N) is 2. The van der Waals surface area contributed by atoms with Gasteiger partial charge in [-0.25, -0.2) is 0 Å². The second-order valence-electron chi connectivity index (χ2n) is 6.14. The molecule has 1 aliphatic heterocycles. The molecule has 0 spiro atoms. The zero-order chi connectivity index (χ0) is 18.5. The smallest absolute Gasteiger partial charge is 0.313 e. The molecule has 1 aromatic carbocycles. The van der Waals surface area contributed by atoms with Crippen molar-refractivity contribution in [2.75, 3.05) is 16.8 Å². The number of aromatic nitrogens is 1. The van der Waals surface area contributed by atoms with Crippen LogP contribution in [0.5, 0.6) is 0 Å². The van der Waals surface area contributed by atoms with E-state index in [1.807, 2.05) is 6.92 Å². The van der Waals surface area contributed by atoms with Crippen molar-refractivity contribution in [3.63, 3.8) is 0 Å². The van der Waals surface area contributed by atoms with E-state index in [2.05, 4.69) is 15.6 Å². The lowest BCUT2D eigenvalue weighted by atomic mass is 10.1. The third-order valence-corrected chi connectivity index (χ3v) is 4.23. The molecular formula is C19H20N4O3. The minimum absolute atomic E-state index is 0.111. The van der Waals surface area contributed by atoms with Crippen LogP contribution in [0.3, 0.4) is 0 Å². The van der Waals surface area contributed by atoms with Crippen LogP contribution in [-0.2, 0) is 20.9 Å². The van der Waals surface area contributed by atoms with Crippen LogP contribution in [0.4, 0.5) is 11.4 Å². The van der Waals surface area contributed by atoms with Gasteiger partial charge in [0.1, 0.15) is 0 Å². The number of hydrogen-bond donors (Lipinski definition) is 2. The van der Waals surface area contributed by atoms with E-state index in [4.69, 9.17) is 0 Å². The normalized spacial score (nSPS) is 13.6. The van der Waals surface area contributed by atoms with Crippen molar-refractivity contribution >= 4 is 29.1 Å². The van der Waals surface area contributed by atoms with Gasteiger partial charge < -0.3 is 15.5 Å². The van der Waals surface area contributed by atoms with Gasteiger partial charge in [-0.1, -0.05) is 0 Å². The molecule has 7 heteroatoms. The first-order valence-corrected chi connectivity index (χ1v) is 8.43. The van der Waals surface area contributed by atoms with E-state index >= 15 is 0 Å². The number of nitrogens with zero attached hydrogens (tertiary/aromatic N) is 2. The average molecular weight is 352 g/mol. The molecule has 7 nitrogen and oxygen atoms in total. The Morgan fingerprint density at radius 2 is 1.92 bits per heavy atom.